The number of halogens is 4. The molecule has 0 spiro atoms. The highest BCUT2D eigenvalue weighted by molar-refractivity contribution is 7.99. The molecule has 0 amide bonds. The number of thioether (sulfide) groups is 1. The van der Waals surface area contributed by atoms with Crippen LogP contribution >= 0.6 is 11.8 Å². The summed E-state index contributed by atoms with van der Waals surface area (Å²) in [7, 11) is 0. The minimum absolute atomic E-state index is 0.0580. The Bertz CT molecular complexity index is 401. The second-order valence-electron chi connectivity index (χ2n) is 3.29. The van der Waals surface area contributed by atoms with Crippen LogP contribution in [0, 0.1) is 0 Å². The molecule has 0 fully saturated rings. The topological polar surface area (TPSA) is 26.0 Å². The molecule has 1 rings (SSSR count). The molecule has 0 atom stereocenters. The Morgan fingerprint density at radius 1 is 1.35 bits per heavy atom. The largest absolute Gasteiger partial charge is 0.416 e. The van der Waals surface area contributed by atoms with Gasteiger partial charge in [-0.1, -0.05) is 6.07 Å². The van der Waals surface area contributed by atoms with Crippen LogP contribution in [0.4, 0.5) is 17.6 Å². The maximum Gasteiger partial charge on any atom is 0.416 e. The summed E-state index contributed by atoms with van der Waals surface area (Å²) >= 11 is 1.12. The highest BCUT2D eigenvalue weighted by Gasteiger charge is 2.30. The van der Waals surface area contributed by atoms with Gasteiger partial charge in [-0.05, 0) is 23.8 Å². The second-order valence-corrected chi connectivity index (χ2v) is 4.33. The van der Waals surface area contributed by atoms with Crippen molar-refractivity contribution < 1.29 is 17.6 Å². The van der Waals surface area contributed by atoms with E-state index in [-0.39, 0.29) is 12.3 Å². The van der Waals surface area contributed by atoms with Crippen LogP contribution in [-0.2, 0) is 6.18 Å². The maximum absolute atomic E-state index is 12.4. The average Bonchev–Trinajstić information content (AvgIpc) is 2.30. The molecule has 0 bridgehead atoms. The Kier molecular flexibility index (Phi) is 5.02. The second kappa shape index (κ2) is 6.07. The molecule has 2 N–H and O–H groups in total. The molecule has 1 aromatic carbocycles. The first kappa shape index (κ1) is 14.1. The molecule has 0 radical (unpaired) electrons. The zero-order valence-electron chi connectivity index (χ0n) is 8.80. The molecule has 94 valence electrons. The van der Waals surface area contributed by atoms with Crippen LogP contribution in [0.5, 0.6) is 0 Å². The molecule has 0 heterocycles. The van der Waals surface area contributed by atoms with E-state index in [1.807, 2.05) is 0 Å². The van der Waals surface area contributed by atoms with E-state index in [1.165, 1.54) is 6.07 Å². The molecule has 0 aromatic heterocycles. The number of benzene rings is 1. The summed E-state index contributed by atoms with van der Waals surface area (Å²) in [6.07, 6.45) is -3.97. The number of hydrogen-bond acceptors (Lipinski definition) is 2. The van der Waals surface area contributed by atoms with Gasteiger partial charge < -0.3 is 5.73 Å². The Morgan fingerprint density at radius 2 is 2.06 bits per heavy atom. The molecule has 6 heteroatoms. The maximum atomic E-state index is 12.4. The molecule has 1 aromatic rings. The van der Waals surface area contributed by atoms with Crippen molar-refractivity contribution in [2.75, 3.05) is 12.3 Å². The molecule has 0 aliphatic heterocycles. The molecule has 0 aliphatic rings. The van der Waals surface area contributed by atoms with Crippen molar-refractivity contribution in [3.05, 3.63) is 41.7 Å². The van der Waals surface area contributed by atoms with Gasteiger partial charge in [-0.3, -0.25) is 0 Å². The number of rotatable bonds is 4. The summed E-state index contributed by atoms with van der Waals surface area (Å²) in [4.78, 5) is 0.438. The molecule has 17 heavy (non-hydrogen) atoms. The van der Waals surface area contributed by atoms with Crippen LogP contribution < -0.4 is 5.73 Å². The fourth-order valence-corrected chi connectivity index (χ4v) is 1.99. The quantitative estimate of drug-likeness (QED) is 0.664. The molecule has 0 saturated carbocycles. The van der Waals surface area contributed by atoms with Gasteiger partial charge in [0.1, 0.15) is 0 Å². The fraction of sp³-hybridized carbons (Fsp3) is 0.273. The van der Waals surface area contributed by atoms with Gasteiger partial charge in [-0.25, -0.2) is 4.39 Å². The van der Waals surface area contributed by atoms with Crippen molar-refractivity contribution in [3.63, 3.8) is 0 Å². The Balaban J connectivity index is 2.73. The SMILES string of the molecule is NC/C(=C\F)CSc1cccc(C(F)(F)F)c1. The summed E-state index contributed by atoms with van der Waals surface area (Å²) in [6.45, 7) is 0.0580. The lowest BCUT2D eigenvalue weighted by molar-refractivity contribution is -0.137. The Morgan fingerprint density at radius 3 is 2.59 bits per heavy atom. The van der Waals surface area contributed by atoms with Crippen LogP contribution in [0.1, 0.15) is 5.56 Å². The van der Waals surface area contributed by atoms with Gasteiger partial charge in [0, 0.05) is 17.2 Å². The van der Waals surface area contributed by atoms with Gasteiger partial charge in [0.15, 0.2) is 0 Å². The van der Waals surface area contributed by atoms with Crippen molar-refractivity contribution in [3.8, 4) is 0 Å². The van der Waals surface area contributed by atoms with Crippen molar-refractivity contribution in [1.29, 1.82) is 0 Å². The number of hydrogen-bond donors (Lipinski definition) is 1. The van der Waals surface area contributed by atoms with Gasteiger partial charge in [0.05, 0.1) is 11.9 Å². The first-order valence-corrected chi connectivity index (χ1v) is 5.74. The van der Waals surface area contributed by atoms with Crippen LogP contribution in [0.15, 0.2) is 41.1 Å². The molecular formula is C11H11F4NS. The fourth-order valence-electron chi connectivity index (χ4n) is 1.07. The molecule has 0 aliphatic carbocycles. The van der Waals surface area contributed by atoms with E-state index < -0.39 is 11.7 Å². The first-order valence-electron chi connectivity index (χ1n) is 4.75. The van der Waals surface area contributed by atoms with Crippen molar-refractivity contribution in [1.82, 2.24) is 0 Å². The molecular weight excluding hydrogens is 254 g/mol. The molecule has 0 unspecified atom stereocenters. The van der Waals surface area contributed by atoms with Crippen LogP contribution in [0.25, 0.3) is 0 Å². The smallest absolute Gasteiger partial charge is 0.327 e. The highest BCUT2D eigenvalue weighted by atomic mass is 32.2. The van der Waals surface area contributed by atoms with Gasteiger partial charge in [0.25, 0.3) is 0 Å². The summed E-state index contributed by atoms with van der Waals surface area (Å²) in [6, 6.07) is 4.91. The summed E-state index contributed by atoms with van der Waals surface area (Å²) in [5.74, 6) is 0.244. The van der Waals surface area contributed by atoms with Crippen molar-refractivity contribution >= 4 is 11.8 Å². The zero-order valence-corrected chi connectivity index (χ0v) is 9.61. The van der Waals surface area contributed by atoms with E-state index in [2.05, 4.69) is 0 Å². The zero-order chi connectivity index (χ0) is 12.9. The van der Waals surface area contributed by atoms with Crippen LogP contribution in [0.3, 0.4) is 0 Å². The lowest BCUT2D eigenvalue weighted by Crippen LogP contribution is -2.05. The van der Waals surface area contributed by atoms with E-state index in [9.17, 15) is 17.6 Å². The summed E-state index contributed by atoms with van der Waals surface area (Å²) < 4.78 is 49.4. The van der Waals surface area contributed by atoms with Crippen LogP contribution in [0.2, 0.25) is 0 Å². The monoisotopic (exact) mass is 265 g/mol. The van der Waals surface area contributed by atoms with E-state index in [4.69, 9.17) is 5.73 Å². The Labute approximate surface area is 101 Å². The first-order chi connectivity index (χ1) is 7.97. The minimum atomic E-state index is -4.36. The third-order valence-corrected chi connectivity index (χ3v) is 3.10. The Hall–Kier alpha value is -1.01. The highest BCUT2D eigenvalue weighted by Crippen LogP contribution is 2.32. The summed E-state index contributed by atoms with van der Waals surface area (Å²) in [5, 5.41) is 0. The van der Waals surface area contributed by atoms with Gasteiger partial charge in [-0.2, -0.15) is 13.2 Å². The third kappa shape index (κ3) is 4.40. The minimum Gasteiger partial charge on any atom is -0.327 e. The van der Waals surface area contributed by atoms with Crippen molar-refractivity contribution in [2.24, 2.45) is 5.73 Å². The molecule has 0 saturated heterocycles. The number of nitrogens with two attached hydrogens (primary N) is 1. The lowest BCUT2D eigenvalue weighted by Gasteiger charge is -2.08. The molecule has 1 nitrogen and oxygen atoms in total. The third-order valence-electron chi connectivity index (χ3n) is 2.00. The van der Waals surface area contributed by atoms with Gasteiger partial charge >= 0.3 is 6.18 Å². The van der Waals surface area contributed by atoms with Gasteiger partial charge in [0.2, 0.25) is 0 Å². The predicted molar refractivity (Wildman–Crippen MR) is 60.4 cm³/mol. The van der Waals surface area contributed by atoms with E-state index in [0.717, 1.165) is 23.9 Å². The van der Waals surface area contributed by atoms with E-state index in [1.54, 1.807) is 6.07 Å². The van der Waals surface area contributed by atoms with Crippen LogP contribution in [-0.4, -0.2) is 12.3 Å². The summed E-state index contributed by atoms with van der Waals surface area (Å²) in [5.41, 5.74) is 4.89. The van der Waals surface area contributed by atoms with E-state index >= 15 is 0 Å². The standard InChI is InChI=1S/C11H11F4NS/c12-5-8(6-16)7-17-10-3-1-2-9(4-10)11(13,14)15/h1-5H,6-7,16H2/b8-5+. The predicted octanol–water partition coefficient (Wildman–Crippen LogP) is 3.61. The van der Waals surface area contributed by atoms with Crippen molar-refractivity contribution in [2.45, 2.75) is 11.1 Å². The average molecular weight is 265 g/mol. The number of alkyl halides is 3. The normalized spacial score (nSPS) is 12.9. The van der Waals surface area contributed by atoms with Gasteiger partial charge in [-0.15, -0.1) is 11.8 Å². The lowest BCUT2D eigenvalue weighted by atomic mass is 10.2. The van der Waals surface area contributed by atoms with E-state index in [0.29, 0.717) is 16.8 Å².